The van der Waals surface area contributed by atoms with Crippen LogP contribution >= 0.6 is 11.3 Å². The van der Waals surface area contributed by atoms with Crippen molar-refractivity contribution in [3.8, 4) is 0 Å². The zero-order valence-corrected chi connectivity index (χ0v) is 13.5. The lowest BCUT2D eigenvalue weighted by molar-refractivity contribution is 0.566. The average molecular weight is 325 g/mol. The van der Waals surface area contributed by atoms with E-state index in [1.54, 1.807) is 23.6 Å². The van der Waals surface area contributed by atoms with Crippen molar-refractivity contribution in [2.45, 2.75) is 43.3 Å². The molecule has 3 rings (SSSR count). The van der Waals surface area contributed by atoms with Crippen molar-refractivity contribution in [1.82, 2.24) is 9.29 Å². The molecule has 0 aliphatic heterocycles. The number of nitrogens with zero attached hydrogens (tertiary/aromatic N) is 1. The maximum absolute atomic E-state index is 12.5. The molecule has 1 atom stereocenters. The largest absolute Gasteiger partial charge is 0.346 e. The van der Waals surface area contributed by atoms with Crippen LogP contribution in [0.5, 0.6) is 0 Å². The molecule has 1 aliphatic carbocycles. The zero-order chi connectivity index (χ0) is 15.0. The van der Waals surface area contributed by atoms with Crippen LogP contribution in [-0.2, 0) is 16.6 Å². The van der Waals surface area contributed by atoms with Gasteiger partial charge in [0.25, 0.3) is 0 Å². The van der Waals surface area contributed by atoms with Gasteiger partial charge < -0.3 is 10.3 Å². The van der Waals surface area contributed by atoms with E-state index in [1.165, 1.54) is 0 Å². The monoisotopic (exact) mass is 325 g/mol. The van der Waals surface area contributed by atoms with Crippen molar-refractivity contribution in [3.05, 3.63) is 40.3 Å². The molecule has 1 fully saturated rings. The van der Waals surface area contributed by atoms with Crippen molar-refractivity contribution in [2.75, 3.05) is 0 Å². The van der Waals surface area contributed by atoms with Crippen molar-refractivity contribution in [1.29, 1.82) is 0 Å². The minimum atomic E-state index is -3.52. The van der Waals surface area contributed by atoms with E-state index in [-0.39, 0.29) is 6.04 Å². The van der Waals surface area contributed by atoms with E-state index in [2.05, 4.69) is 4.72 Å². The van der Waals surface area contributed by atoms with Gasteiger partial charge in [0, 0.05) is 30.5 Å². The van der Waals surface area contributed by atoms with Gasteiger partial charge in [-0.15, -0.1) is 0 Å². The Morgan fingerprint density at radius 2 is 2.29 bits per heavy atom. The minimum absolute atomic E-state index is 0.244. The predicted molar refractivity (Wildman–Crippen MR) is 83.6 cm³/mol. The molecule has 2 aromatic heterocycles. The number of hydrogen-bond acceptors (Lipinski definition) is 4. The van der Waals surface area contributed by atoms with Gasteiger partial charge in [-0.2, -0.15) is 11.3 Å². The van der Waals surface area contributed by atoms with Crippen LogP contribution in [0, 0.1) is 0 Å². The molecule has 114 valence electrons. The maximum atomic E-state index is 12.5. The van der Waals surface area contributed by atoms with Gasteiger partial charge in [-0.1, -0.05) is 0 Å². The molecular formula is C14H19N3O2S2. The van der Waals surface area contributed by atoms with Gasteiger partial charge in [0.1, 0.15) is 0 Å². The molecule has 2 aromatic rings. The molecule has 1 unspecified atom stereocenters. The Balaban J connectivity index is 1.84. The highest BCUT2D eigenvalue weighted by molar-refractivity contribution is 7.89. The molecule has 1 saturated carbocycles. The molecule has 0 saturated heterocycles. The van der Waals surface area contributed by atoms with E-state index in [1.807, 2.05) is 28.3 Å². The van der Waals surface area contributed by atoms with E-state index in [4.69, 9.17) is 5.73 Å². The first kappa shape index (κ1) is 14.8. The van der Waals surface area contributed by atoms with Crippen LogP contribution in [-0.4, -0.2) is 13.0 Å². The second kappa shape index (κ2) is 5.57. The molecule has 21 heavy (non-hydrogen) atoms. The van der Waals surface area contributed by atoms with Gasteiger partial charge in [0.2, 0.25) is 10.0 Å². The fourth-order valence-corrected chi connectivity index (χ4v) is 4.43. The second-order valence-electron chi connectivity index (χ2n) is 5.41. The number of nitrogens with two attached hydrogens (primary N) is 1. The first-order valence-corrected chi connectivity index (χ1v) is 9.39. The van der Waals surface area contributed by atoms with Crippen LogP contribution in [0.3, 0.4) is 0 Å². The smallest absolute Gasteiger partial charge is 0.242 e. The van der Waals surface area contributed by atoms with Crippen LogP contribution in [0.25, 0.3) is 0 Å². The number of aromatic nitrogens is 1. The highest BCUT2D eigenvalue weighted by Crippen LogP contribution is 2.37. The fraction of sp³-hybridized carbons (Fsp3) is 0.429. The van der Waals surface area contributed by atoms with Gasteiger partial charge >= 0.3 is 0 Å². The molecular weight excluding hydrogens is 306 g/mol. The number of thiophene rings is 1. The summed E-state index contributed by atoms with van der Waals surface area (Å²) < 4.78 is 29.7. The minimum Gasteiger partial charge on any atom is -0.346 e. The van der Waals surface area contributed by atoms with Crippen molar-refractivity contribution in [2.24, 2.45) is 5.73 Å². The maximum Gasteiger partial charge on any atom is 0.242 e. The molecule has 7 heteroatoms. The van der Waals surface area contributed by atoms with Crippen molar-refractivity contribution < 1.29 is 8.42 Å². The molecule has 0 aromatic carbocycles. The molecule has 2 heterocycles. The Morgan fingerprint density at radius 3 is 2.86 bits per heavy atom. The van der Waals surface area contributed by atoms with Crippen LogP contribution in [0.15, 0.2) is 34.0 Å². The van der Waals surface area contributed by atoms with Crippen molar-refractivity contribution >= 4 is 21.4 Å². The number of rotatable bonds is 6. The summed E-state index contributed by atoms with van der Waals surface area (Å²) in [6.45, 7) is 2.20. The third-order valence-electron chi connectivity index (χ3n) is 3.74. The van der Waals surface area contributed by atoms with Crippen LogP contribution in [0.1, 0.15) is 43.1 Å². The van der Waals surface area contributed by atoms with Gasteiger partial charge in [0.05, 0.1) is 4.90 Å². The SMILES string of the molecule is CC(NS(=O)(=O)c1cc(CN)n(C2CC2)c1)c1ccsc1. The fourth-order valence-electron chi connectivity index (χ4n) is 2.39. The van der Waals surface area contributed by atoms with Crippen LogP contribution < -0.4 is 10.5 Å². The standard InChI is InChI=1S/C14H19N3O2S2/c1-10(11-4-5-20-9-11)16-21(18,19)14-6-13(7-15)17(8-14)12-2-3-12/h4-6,8-10,12,16H,2-3,7,15H2,1H3. The molecule has 0 spiro atoms. The third-order valence-corrected chi connectivity index (χ3v) is 5.95. The summed E-state index contributed by atoms with van der Waals surface area (Å²) in [6, 6.07) is 3.79. The van der Waals surface area contributed by atoms with E-state index in [0.717, 1.165) is 24.1 Å². The first-order valence-electron chi connectivity index (χ1n) is 6.96. The summed E-state index contributed by atoms with van der Waals surface area (Å²) in [5.74, 6) is 0. The highest BCUT2D eigenvalue weighted by atomic mass is 32.2. The quantitative estimate of drug-likeness (QED) is 0.856. The topological polar surface area (TPSA) is 77.1 Å². The van der Waals surface area contributed by atoms with Crippen molar-refractivity contribution in [3.63, 3.8) is 0 Å². The molecule has 5 nitrogen and oxygen atoms in total. The van der Waals surface area contributed by atoms with E-state index < -0.39 is 10.0 Å². The van der Waals surface area contributed by atoms with E-state index in [0.29, 0.717) is 17.5 Å². The lowest BCUT2D eigenvalue weighted by atomic mass is 10.2. The lowest BCUT2D eigenvalue weighted by Crippen LogP contribution is -2.26. The van der Waals surface area contributed by atoms with Gasteiger partial charge in [-0.05, 0) is 48.2 Å². The van der Waals surface area contributed by atoms with E-state index >= 15 is 0 Å². The van der Waals surface area contributed by atoms with Gasteiger partial charge in [0.15, 0.2) is 0 Å². The number of hydrogen-bond donors (Lipinski definition) is 2. The number of sulfonamides is 1. The second-order valence-corrected chi connectivity index (χ2v) is 7.90. The van der Waals surface area contributed by atoms with Gasteiger partial charge in [-0.25, -0.2) is 13.1 Å². The summed E-state index contributed by atoms with van der Waals surface area (Å²) in [7, 11) is -3.52. The summed E-state index contributed by atoms with van der Waals surface area (Å²) in [5, 5.41) is 3.89. The molecule has 0 amide bonds. The molecule has 3 N–H and O–H groups in total. The summed E-state index contributed by atoms with van der Waals surface area (Å²) in [6.07, 6.45) is 3.91. The Kier molecular flexibility index (Phi) is 3.92. The molecule has 0 bridgehead atoms. The third kappa shape index (κ3) is 3.06. The normalized spacial score (nSPS) is 17.0. The molecule has 1 aliphatic rings. The Labute approximate surface area is 128 Å². The summed E-state index contributed by atoms with van der Waals surface area (Å²) in [4.78, 5) is 0.303. The predicted octanol–water partition coefficient (Wildman–Crippen LogP) is 2.38. The Hall–Kier alpha value is -1.15. The Bertz CT molecular complexity index is 715. The van der Waals surface area contributed by atoms with E-state index in [9.17, 15) is 8.42 Å². The van der Waals surface area contributed by atoms with Crippen LogP contribution in [0.4, 0.5) is 0 Å². The summed E-state index contributed by atoms with van der Waals surface area (Å²) >= 11 is 1.56. The van der Waals surface area contributed by atoms with Crippen LogP contribution in [0.2, 0.25) is 0 Å². The highest BCUT2D eigenvalue weighted by Gasteiger charge is 2.28. The zero-order valence-electron chi connectivity index (χ0n) is 11.8. The summed E-state index contributed by atoms with van der Waals surface area (Å²) in [5.41, 5.74) is 7.57. The Morgan fingerprint density at radius 1 is 1.52 bits per heavy atom. The lowest BCUT2D eigenvalue weighted by Gasteiger charge is -2.12. The first-order chi connectivity index (χ1) is 10.0. The van der Waals surface area contributed by atoms with Gasteiger partial charge in [-0.3, -0.25) is 0 Å². The average Bonchev–Trinajstić information content (AvgIpc) is 2.98. The number of nitrogens with one attached hydrogen (secondary N) is 1. The molecule has 0 radical (unpaired) electrons.